The van der Waals surface area contributed by atoms with Crippen molar-refractivity contribution < 1.29 is 0 Å². The first-order chi connectivity index (χ1) is 5.81. The summed E-state index contributed by atoms with van der Waals surface area (Å²) in [6, 6.07) is 0. The Kier molecular flexibility index (Phi) is 1.94. The number of nitrogens with zero attached hydrogens (tertiary/aromatic N) is 3. The maximum absolute atomic E-state index is 4.20. The zero-order chi connectivity index (χ0) is 8.44. The van der Waals surface area contributed by atoms with Gasteiger partial charge in [-0.05, 0) is 13.0 Å². The molecule has 1 atom stereocenters. The highest BCUT2D eigenvalue weighted by molar-refractivity contribution is 5.07. The van der Waals surface area contributed by atoms with Crippen LogP contribution in [0.1, 0.15) is 6.92 Å². The van der Waals surface area contributed by atoms with E-state index in [0.717, 1.165) is 26.2 Å². The highest BCUT2D eigenvalue weighted by atomic mass is 15.4. The van der Waals surface area contributed by atoms with Crippen molar-refractivity contribution in [2.24, 2.45) is 10.2 Å². The van der Waals surface area contributed by atoms with Gasteiger partial charge in [-0.25, -0.2) is 0 Å². The minimum absolute atomic E-state index is 0.165. The van der Waals surface area contributed by atoms with Crippen LogP contribution in [0.3, 0.4) is 0 Å². The molecule has 1 N–H and O–H groups in total. The van der Waals surface area contributed by atoms with Gasteiger partial charge in [0.1, 0.15) is 0 Å². The van der Waals surface area contributed by atoms with E-state index in [2.05, 4.69) is 33.4 Å². The van der Waals surface area contributed by atoms with Gasteiger partial charge in [-0.15, -0.1) is 0 Å². The lowest BCUT2D eigenvalue weighted by molar-refractivity contribution is 0.132. The fourth-order valence-corrected chi connectivity index (χ4v) is 1.64. The van der Waals surface area contributed by atoms with Crippen molar-refractivity contribution in [3.05, 3.63) is 12.3 Å². The number of rotatable bonds is 1. The van der Waals surface area contributed by atoms with Crippen LogP contribution >= 0.6 is 0 Å². The number of piperazine rings is 1. The third-order valence-electron chi connectivity index (χ3n) is 2.47. The lowest BCUT2D eigenvalue weighted by Crippen LogP contribution is -2.52. The van der Waals surface area contributed by atoms with E-state index in [9.17, 15) is 0 Å². The third-order valence-corrected chi connectivity index (χ3v) is 2.47. The summed E-state index contributed by atoms with van der Waals surface area (Å²) in [6.45, 7) is 6.32. The van der Waals surface area contributed by atoms with E-state index in [4.69, 9.17) is 0 Å². The predicted octanol–water partition coefficient (Wildman–Crippen LogP) is 0.587. The Morgan fingerprint density at radius 2 is 2.17 bits per heavy atom. The lowest BCUT2D eigenvalue weighted by Gasteiger charge is -2.36. The predicted molar refractivity (Wildman–Crippen MR) is 46.8 cm³/mol. The van der Waals surface area contributed by atoms with Gasteiger partial charge in [-0.2, -0.15) is 10.2 Å². The van der Waals surface area contributed by atoms with Gasteiger partial charge in [0, 0.05) is 32.4 Å². The molecule has 0 aromatic heterocycles. The summed E-state index contributed by atoms with van der Waals surface area (Å²) in [5, 5.41) is 11.4. The van der Waals surface area contributed by atoms with Crippen molar-refractivity contribution in [3.63, 3.8) is 0 Å². The van der Waals surface area contributed by atoms with Crippen LogP contribution in [0.5, 0.6) is 0 Å². The monoisotopic (exact) mass is 166 g/mol. The second-order valence-corrected chi connectivity index (χ2v) is 3.36. The molecule has 12 heavy (non-hydrogen) atoms. The summed E-state index contributed by atoms with van der Waals surface area (Å²) in [5.74, 6) is 0. The average molecular weight is 166 g/mol. The summed E-state index contributed by atoms with van der Waals surface area (Å²) in [7, 11) is 0. The molecule has 0 radical (unpaired) electrons. The highest BCUT2D eigenvalue weighted by Crippen LogP contribution is 2.23. The number of hydrogen-bond donors (Lipinski definition) is 1. The Labute approximate surface area is 72.3 Å². The smallest absolute Gasteiger partial charge is 0.152 e. The maximum atomic E-state index is 4.20. The molecular weight excluding hydrogens is 152 g/mol. The molecule has 0 aromatic rings. The molecular formula is C8H14N4. The topological polar surface area (TPSA) is 40.0 Å². The van der Waals surface area contributed by atoms with E-state index in [1.54, 1.807) is 6.20 Å². The Bertz CT molecular complexity index is 203. The van der Waals surface area contributed by atoms with E-state index < -0.39 is 0 Å². The van der Waals surface area contributed by atoms with Crippen LogP contribution in [0.2, 0.25) is 0 Å². The quantitative estimate of drug-likeness (QED) is 0.619. The highest BCUT2D eigenvalue weighted by Gasteiger charge is 2.31. The van der Waals surface area contributed by atoms with Gasteiger partial charge in [0.15, 0.2) is 5.66 Å². The summed E-state index contributed by atoms with van der Waals surface area (Å²) >= 11 is 0. The largest absolute Gasteiger partial charge is 0.314 e. The van der Waals surface area contributed by atoms with E-state index in [1.165, 1.54) is 0 Å². The Balaban J connectivity index is 2.06. The minimum atomic E-state index is -0.165. The molecule has 2 heterocycles. The molecule has 0 amide bonds. The van der Waals surface area contributed by atoms with Gasteiger partial charge in [0.05, 0.1) is 0 Å². The summed E-state index contributed by atoms with van der Waals surface area (Å²) in [5.41, 5.74) is -0.165. The molecule has 0 bridgehead atoms. The second kappa shape index (κ2) is 2.95. The fourth-order valence-electron chi connectivity index (χ4n) is 1.64. The van der Waals surface area contributed by atoms with Gasteiger partial charge < -0.3 is 5.32 Å². The van der Waals surface area contributed by atoms with Crippen LogP contribution in [0.15, 0.2) is 22.5 Å². The molecule has 66 valence electrons. The van der Waals surface area contributed by atoms with E-state index >= 15 is 0 Å². The van der Waals surface area contributed by atoms with Crippen molar-refractivity contribution in [2.75, 3.05) is 26.2 Å². The van der Waals surface area contributed by atoms with Gasteiger partial charge in [0.25, 0.3) is 0 Å². The molecule has 2 aliphatic heterocycles. The summed E-state index contributed by atoms with van der Waals surface area (Å²) in [4.78, 5) is 2.34. The molecule has 4 nitrogen and oxygen atoms in total. The summed E-state index contributed by atoms with van der Waals surface area (Å²) in [6.07, 6.45) is 3.83. The van der Waals surface area contributed by atoms with Crippen molar-refractivity contribution in [1.29, 1.82) is 0 Å². The molecule has 0 aromatic carbocycles. The van der Waals surface area contributed by atoms with Crippen LogP contribution in [-0.4, -0.2) is 36.7 Å². The van der Waals surface area contributed by atoms with Crippen LogP contribution < -0.4 is 5.32 Å². The zero-order valence-corrected chi connectivity index (χ0v) is 7.32. The summed E-state index contributed by atoms with van der Waals surface area (Å²) < 4.78 is 0. The molecule has 1 unspecified atom stereocenters. The van der Waals surface area contributed by atoms with Crippen molar-refractivity contribution in [1.82, 2.24) is 10.2 Å². The Hall–Kier alpha value is -0.740. The number of azo groups is 1. The Morgan fingerprint density at radius 3 is 2.75 bits per heavy atom. The zero-order valence-electron chi connectivity index (χ0n) is 7.32. The average Bonchev–Trinajstić information content (AvgIpc) is 2.55. The minimum Gasteiger partial charge on any atom is -0.314 e. The van der Waals surface area contributed by atoms with Crippen LogP contribution in [0, 0.1) is 0 Å². The van der Waals surface area contributed by atoms with Crippen LogP contribution in [-0.2, 0) is 0 Å². The second-order valence-electron chi connectivity index (χ2n) is 3.36. The van der Waals surface area contributed by atoms with E-state index in [0.29, 0.717) is 0 Å². The van der Waals surface area contributed by atoms with E-state index in [1.807, 2.05) is 0 Å². The normalized spacial score (nSPS) is 36.1. The van der Waals surface area contributed by atoms with Crippen molar-refractivity contribution >= 4 is 0 Å². The first-order valence-electron chi connectivity index (χ1n) is 4.37. The lowest BCUT2D eigenvalue weighted by atomic mass is 10.1. The SMILES string of the molecule is CC1(N2CCNCC2)C=CN=N1. The molecule has 1 saturated heterocycles. The Morgan fingerprint density at radius 1 is 1.42 bits per heavy atom. The number of nitrogens with one attached hydrogen (secondary N) is 1. The standard InChI is InChI=1S/C8H14N4/c1-8(2-3-10-11-8)12-6-4-9-5-7-12/h2-3,9H,4-7H2,1H3. The van der Waals surface area contributed by atoms with Gasteiger partial charge >= 0.3 is 0 Å². The fraction of sp³-hybridized carbons (Fsp3) is 0.750. The van der Waals surface area contributed by atoms with Crippen molar-refractivity contribution in [3.8, 4) is 0 Å². The molecule has 4 heteroatoms. The number of hydrogen-bond acceptors (Lipinski definition) is 4. The molecule has 0 aliphatic carbocycles. The van der Waals surface area contributed by atoms with E-state index in [-0.39, 0.29) is 5.66 Å². The maximum Gasteiger partial charge on any atom is 0.152 e. The molecule has 1 fully saturated rings. The van der Waals surface area contributed by atoms with Gasteiger partial charge in [0.2, 0.25) is 0 Å². The molecule has 0 spiro atoms. The molecule has 0 saturated carbocycles. The van der Waals surface area contributed by atoms with Crippen LogP contribution in [0.4, 0.5) is 0 Å². The first kappa shape index (κ1) is 7.89. The van der Waals surface area contributed by atoms with Gasteiger partial charge in [-0.1, -0.05) is 0 Å². The van der Waals surface area contributed by atoms with Crippen LogP contribution in [0.25, 0.3) is 0 Å². The van der Waals surface area contributed by atoms with Gasteiger partial charge in [-0.3, -0.25) is 4.90 Å². The molecule has 2 rings (SSSR count). The van der Waals surface area contributed by atoms with Crippen molar-refractivity contribution in [2.45, 2.75) is 12.6 Å². The first-order valence-corrected chi connectivity index (χ1v) is 4.37. The molecule has 2 aliphatic rings. The third kappa shape index (κ3) is 1.28.